The summed E-state index contributed by atoms with van der Waals surface area (Å²) in [4.78, 5) is 10.9. The van der Waals surface area contributed by atoms with E-state index in [1.165, 1.54) is 0 Å². The summed E-state index contributed by atoms with van der Waals surface area (Å²) in [5.41, 5.74) is 6.44. The SMILES string of the molecule is NC(=O)C1=C(O)Nc2ccccc2N1. The zero-order valence-corrected chi connectivity index (χ0v) is 7.24. The number of aliphatic hydroxyl groups is 1. The third-order valence-electron chi connectivity index (χ3n) is 1.92. The molecule has 1 aliphatic rings. The maximum absolute atomic E-state index is 10.9. The largest absolute Gasteiger partial charge is 0.493 e. The van der Waals surface area contributed by atoms with Gasteiger partial charge in [-0.05, 0) is 12.1 Å². The second kappa shape index (κ2) is 2.95. The van der Waals surface area contributed by atoms with Gasteiger partial charge in [-0.25, -0.2) is 0 Å². The molecule has 5 heteroatoms. The first kappa shape index (κ1) is 8.43. The maximum atomic E-state index is 10.9. The molecule has 0 aliphatic carbocycles. The Kier molecular flexibility index (Phi) is 1.78. The van der Waals surface area contributed by atoms with Gasteiger partial charge in [-0.1, -0.05) is 12.1 Å². The quantitative estimate of drug-likeness (QED) is 0.527. The van der Waals surface area contributed by atoms with Crippen LogP contribution in [-0.2, 0) is 4.79 Å². The van der Waals surface area contributed by atoms with Crippen molar-refractivity contribution in [3.63, 3.8) is 0 Å². The molecule has 0 saturated carbocycles. The highest BCUT2D eigenvalue weighted by Gasteiger charge is 2.19. The van der Waals surface area contributed by atoms with Crippen LogP contribution in [0.1, 0.15) is 0 Å². The van der Waals surface area contributed by atoms with E-state index in [9.17, 15) is 9.90 Å². The van der Waals surface area contributed by atoms with Gasteiger partial charge >= 0.3 is 0 Å². The number of amides is 1. The lowest BCUT2D eigenvalue weighted by Crippen LogP contribution is -2.27. The number of anilines is 2. The van der Waals surface area contributed by atoms with Crippen LogP contribution < -0.4 is 16.4 Å². The van der Waals surface area contributed by atoms with Crippen LogP contribution in [0.3, 0.4) is 0 Å². The van der Waals surface area contributed by atoms with Gasteiger partial charge < -0.3 is 21.5 Å². The summed E-state index contributed by atoms with van der Waals surface area (Å²) < 4.78 is 0. The minimum atomic E-state index is -0.704. The molecule has 0 atom stereocenters. The summed E-state index contributed by atoms with van der Waals surface area (Å²) in [6.45, 7) is 0. The number of para-hydroxylation sites is 2. The fourth-order valence-electron chi connectivity index (χ4n) is 1.26. The fourth-order valence-corrected chi connectivity index (χ4v) is 1.26. The van der Waals surface area contributed by atoms with Crippen molar-refractivity contribution in [1.29, 1.82) is 0 Å². The topological polar surface area (TPSA) is 87.4 Å². The van der Waals surface area contributed by atoms with E-state index in [-0.39, 0.29) is 11.6 Å². The molecule has 0 saturated heterocycles. The van der Waals surface area contributed by atoms with Crippen LogP contribution >= 0.6 is 0 Å². The average Bonchev–Trinajstić information content (AvgIpc) is 2.16. The zero-order chi connectivity index (χ0) is 10.1. The minimum absolute atomic E-state index is 0.0244. The first-order chi connectivity index (χ1) is 6.68. The summed E-state index contributed by atoms with van der Waals surface area (Å²) >= 11 is 0. The van der Waals surface area contributed by atoms with E-state index >= 15 is 0 Å². The Labute approximate surface area is 80.2 Å². The van der Waals surface area contributed by atoms with Gasteiger partial charge in [-0.15, -0.1) is 0 Å². The lowest BCUT2D eigenvalue weighted by molar-refractivity contribution is -0.114. The molecule has 1 aromatic carbocycles. The van der Waals surface area contributed by atoms with Gasteiger partial charge in [0.2, 0.25) is 5.88 Å². The van der Waals surface area contributed by atoms with Crippen LogP contribution in [0.2, 0.25) is 0 Å². The predicted molar refractivity (Wildman–Crippen MR) is 52.5 cm³/mol. The number of aliphatic hydroxyl groups excluding tert-OH is 1. The van der Waals surface area contributed by atoms with Crippen LogP contribution in [0.4, 0.5) is 11.4 Å². The number of primary amides is 1. The molecule has 0 bridgehead atoms. The molecule has 1 aliphatic heterocycles. The molecule has 0 unspecified atom stereocenters. The van der Waals surface area contributed by atoms with Crippen molar-refractivity contribution in [2.75, 3.05) is 10.6 Å². The molecular formula is C9H9N3O2. The molecule has 2 rings (SSSR count). The number of benzene rings is 1. The van der Waals surface area contributed by atoms with Gasteiger partial charge in [0.05, 0.1) is 11.4 Å². The van der Waals surface area contributed by atoms with Crippen molar-refractivity contribution in [2.24, 2.45) is 5.73 Å². The molecule has 1 heterocycles. The smallest absolute Gasteiger partial charge is 0.270 e. The Morgan fingerprint density at radius 2 is 1.79 bits per heavy atom. The summed E-state index contributed by atoms with van der Waals surface area (Å²) in [6.07, 6.45) is 0. The van der Waals surface area contributed by atoms with Crippen LogP contribution in [-0.4, -0.2) is 11.0 Å². The Morgan fingerprint density at radius 1 is 1.21 bits per heavy atom. The molecule has 1 amide bonds. The molecule has 0 spiro atoms. The number of nitrogens with two attached hydrogens (primary N) is 1. The number of fused-ring (bicyclic) bond motifs is 1. The third kappa shape index (κ3) is 1.24. The van der Waals surface area contributed by atoms with Crippen molar-refractivity contribution in [3.8, 4) is 0 Å². The van der Waals surface area contributed by atoms with E-state index < -0.39 is 5.91 Å². The van der Waals surface area contributed by atoms with Crippen molar-refractivity contribution >= 4 is 17.3 Å². The molecule has 14 heavy (non-hydrogen) atoms. The third-order valence-corrected chi connectivity index (χ3v) is 1.92. The Morgan fingerprint density at radius 3 is 2.36 bits per heavy atom. The van der Waals surface area contributed by atoms with Crippen LogP contribution in [0.5, 0.6) is 0 Å². The number of rotatable bonds is 1. The van der Waals surface area contributed by atoms with Crippen LogP contribution in [0.15, 0.2) is 35.8 Å². The van der Waals surface area contributed by atoms with Crippen molar-refractivity contribution in [3.05, 3.63) is 35.8 Å². The lowest BCUT2D eigenvalue weighted by Gasteiger charge is -2.20. The molecule has 0 aromatic heterocycles. The van der Waals surface area contributed by atoms with Gasteiger partial charge in [-0.3, -0.25) is 4.79 Å². The lowest BCUT2D eigenvalue weighted by atomic mass is 10.2. The maximum Gasteiger partial charge on any atom is 0.270 e. The van der Waals surface area contributed by atoms with Crippen molar-refractivity contribution < 1.29 is 9.90 Å². The molecule has 0 fully saturated rings. The van der Waals surface area contributed by atoms with Crippen molar-refractivity contribution in [1.82, 2.24) is 0 Å². The number of hydrogen-bond donors (Lipinski definition) is 4. The van der Waals surface area contributed by atoms with Crippen molar-refractivity contribution in [2.45, 2.75) is 0 Å². The van der Waals surface area contributed by atoms with Gasteiger partial charge in [0.15, 0.2) is 5.70 Å². The molecule has 1 aromatic rings. The average molecular weight is 191 g/mol. The van der Waals surface area contributed by atoms with E-state index in [0.717, 1.165) is 0 Å². The number of hydrogen-bond acceptors (Lipinski definition) is 4. The number of carbonyl (C=O) groups is 1. The molecule has 5 nitrogen and oxygen atoms in total. The normalized spacial score (nSPS) is 14.0. The van der Waals surface area contributed by atoms with E-state index in [0.29, 0.717) is 11.4 Å². The van der Waals surface area contributed by atoms with Gasteiger partial charge in [0.1, 0.15) is 0 Å². The summed E-state index contributed by atoms with van der Waals surface area (Å²) in [7, 11) is 0. The monoisotopic (exact) mass is 191 g/mol. The standard InChI is InChI=1S/C9H9N3O2/c10-8(13)7-9(14)12-6-4-2-1-3-5(6)11-7/h1-4,11-12,14H,(H2,10,13). The highest BCUT2D eigenvalue weighted by molar-refractivity contribution is 5.98. The second-order valence-corrected chi connectivity index (χ2v) is 2.88. The van der Waals surface area contributed by atoms with E-state index in [2.05, 4.69) is 10.6 Å². The predicted octanol–water partition coefficient (Wildman–Crippen LogP) is 0.736. The van der Waals surface area contributed by atoms with Gasteiger partial charge in [0.25, 0.3) is 5.91 Å². The number of carbonyl (C=O) groups excluding carboxylic acids is 1. The van der Waals surface area contributed by atoms with E-state index in [1.807, 2.05) is 12.1 Å². The van der Waals surface area contributed by atoms with Gasteiger partial charge in [0, 0.05) is 0 Å². The second-order valence-electron chi connectivity index (χ2n) is 2.88. The summed E-state index contributed by atoms with van der Waals surface area (Å²) in [5, 5.41) is 14.8. The minimum Gasteiger partial charge on any atom is -0.493 e. The summed E-state index contributed by atoms with van der Waals surface area (Å²) in [5.74, 6) is -0.958. The number of nitrogens with one attached hydrogen (secondary N) is 2. The molecule has 5 N–H and O–H groups in total. The first-order valence-corrected chi connectivity index (χ1v) is 4.04. The summed E-state index contributed by atoms with van der Waals surface area (Å²) in [6, 6.07) is 7.18. The highest BCUT2D eigenvalue weighted by atomic mass is 16.3. The molecule has 72 valence electrons. The fraction of sp³-hybridized carbons (Fsp3) is 0. The van der Waals surface area contributed by atoms with Crippen LogP contribution in [0.25, 0.3) is 0 Å². The zero-order valence-electron chi connectivity index (χ0n) is 7.24. The first-order valence-electron chi connectivity index (χ1n) is 4.04. The molecule has 0 radical (unpaired) electrons. The molecular weight excluding hydrogens is 182 g/mol. The Balaban J connectivity index is 2.41. The Hall–Kier alpha value is -2.17. The van der Waals surface area contributed by atoms with Crippen LogP contribution in [0, 0.1) is 0 Å². The van der Waals surface area contributed by atoms with E-state index in [4.69, 9.17) is 5.73 Å². The highest BCUT2D eigenvalue weighted by Crippen LogP contribution is 2.28. The van der Waals surface area contributed by atoms with Gasteiger partial charge in [-0.2, -0.15) is 0 Å². The Bertz CT molecular complexity index is 426. The van der Waals surface area contributed by atoms with E-state index in [1.54, 1.807) is 12.1 Å².